The third kappa shape index (κ3) is 3.62. The molecule has 4 nitrogen and oxygen atoms in total. The molecule has 4 atom stereocenters. The van der Waals surface area contributed by atoms with Gasteiger partial charge in [-0.05, 0) is 63.9 Å². The Morgan fingerprint density at radius 3 is 2.64 bits per heavy atom. The molecule has 120 valence electrons. The molecule has 2 saturated carbocycles. The SMILES string of the molecule is Cc1cc(C)nc(SCC(=O)N[C@@H](C)[C@H]2C[C@H]3CC[C@H]2C3)n1. The van der Waals surface area contributed by atoms with E-state index in [2.05, 4.69) is 22.2 Å². The summed E-state index contributed by atoms with van der Waals surface area (Å²) in [6, 6.07) is 2.24. The van der Waals surface area contributed by atoms with Crippen molar-refractivity contribution in [3.63, 3.8) is 0 Å². The number of carbonyl (C=O) groups excluding carboxylic acids is 1. The van der Waals surface area contributed by atoms with Gasteiger partial charge in [-0.15, -0.1) is 0 Å². The number of carbonyl (C=O) groups is 1. The van der Waals surface area contributed by atoms with Gasteiger partial charge < -0.3 is 5.32 Å². The molecule has 2 fully saturated rings. The normalized spacial score (nSPS) is 27.9. The summed E-state index contributed by atoms with van der Waals surface area (Å²) in [5.74, 6) is 2.95. The number of amides is 1. The van der Waals surface area contributed by atoms with Gasteiger partial charge in [-0.2, -0.15) is 0 Å². The Balaban J connectivity index is 1.48. The molecule has 0 aliphatic heterocycles. The summed E-state index contributed by atoms with van der Waals surface area (Å²) in [6.07, 6.45) is 5.46. The Kier molecular flexibility index (Phi) is 4.71. The maximum atomic E-state index is 12.2. The standard InChI is InChI=1S/C17H25N3OS/c1-10-6-11(2)19-17(18-10)22-9-16(21)20-12(3)15-8-13-4-5-14(15)7-13/h6,12-15H,4-5,7-9H2,1-3H3,(H,20,21)/t12-,13-,14-,15+/m0/s1. The third-order valence-corrected chi connectivity index (χ3v) is 5.97. The first-order chi connectivity index (χ1) is 10.5. The van der Waals surface area contributed by atoms with Crippen molar-refractivity contribution in [2.75, 3.05) is 5.75 Å². The first-order valence-corrected chi connectivity index (χ1v) is 9.24. The van der Waals surface area contributed by atoms with Crippen LogP contribution in [0.4, 0.5) is 0 Å². The zero-order valence-electron chi connectivity index (χ0n) is 13.6. The molecule has 2 aliphatic carbocycles. The van der Waals surface area contributed by atoms with Crippen LogP contribution in [0.15, 0.2) is 11.2 Å². The molecule has 1 amide bonds. The Hall–Kier alpha value is -1.10. The fourth-order valence-corrected chi connectivity index (χ4v) is 4.96. The monoisotopic (exact) mass is 319 g/mol. The van der Waals surface area contributed by atoms with Gasteiger partial charge in [-0.25, -0.2) is 9.97 Å². The number of fused-ring (bicyclic) bond motifs is 2. The van der Waals surface area contributed by atoms with Gasteiger partial charge in [0.1, 0.15) is 0 Å². The van der Waals surface area contributed by atoms with E-state index < -0.39 is 0 Å². The fraction of sp³-hybridized carbons (Fsp3) is 0.706. The molecule has 1 aromatic heterocycles. The van der Waals surface area contributed by atoms with Crippen molar-refractivity contribution in [2.45, 2.75) is 57.7 Å². The van der Waals surface area contributed by atoms with Crippen molar-refractivity contribution in [3.05, 3.63) is 17.5 Å². The Morgan fingerprint density at radius 2 is 2.05 bits per heavy atom. The fourth-order valence-electron chi connectivity index (χ4n) is 4.20. The minimum atomic E-state index is 0.100. The molecule has 3 rings (SSSR count). The topological polar surface area (TPSA) is 54.9 Å². The summed E-state index contributed by atoms with van der Waals surface area (Å²) in [5.41, 5.74) is 1.90. The highest BCUT2D eigenvalue weighted by atomic mass is 32.2. The van der Waals surface area contributed by atoms with E-state index in [4.69, 9.17) is 0 Å². The molecule has 0 saturated heterocycles. The van der Waals surface area contributed by atoms with Crippen molar-refractivity contribution in [2.24, 2.45) is 17.8 Å². The molecule has 22 heavy (non-hydrogen) atoms. The summed E-state index contributed by atoms with van der Waals surface area (Å²) in [7, 11) is 0. The molecule has 2 bridgehead atoms. The predicted molar refractivity (Wildman–Crippen MR) is 88.8 cm³/mol. The van der Waals surface area contributed by atoms with E-state index >= 15 is 0 Å². The molecular weight excluding hydrogens is 294 g/mol. The van der Waals surface area contributed by atoms with Crippen LogP contribution in [-0.2, 0) is 4.79 Å². The Morgan fingerprint density at radius 1 is 1.32 bits per heavy atom. The van der Waals surface area contributed by atoms with Gasteiger partial charge in [0.2, 0.25) is 5.91 Å². The first-order valence-electron chi connectivity index (χ1n) is 8.25. The second-order valence-corrected chi connectivity index (χ2v) is 7.86. The maximum Gasteiger partial charge on any atom is 0.230 e. The molecule has 1 heterocycles. The quantitative estimate of drug-likeness (QED) is 0.669. The lowest BCUT2D eigenvalue weighted by atomic mass is 9.84. The van der Waals surface area contributed by atoms with Gasteiger partial charge in [0.15, 0.2) is 5.16 Å². The van der Waals surface area contributed by atoms with Gasteiger partial charge in [0, 0.05) is 17.4 Å². The average molecular weight is 319 g/mol. The van der Waals surface area contributed by atoms with E-state index in [-0.39, 0.29) is 5.91 Å². The second-order valence-electron chi connectivity index (χ2n) is 6.92. The predicted octanol–water partition coefficient (Wildman–Crippen LogP) is 3.13. The van der Waals surface area contributed by atoms with Crippen LogP contribution in [0.1, 0.15) is 44.0 Å². The number of rotatable bonds is 5. The molecule has 1 N–H and O–H groups in total. The molecule has 0 unspecified atom stereocenters. The average Bonchev–Trinajstić information content (AvgIpc) is 3.06. The van der Waals surface area contributed by atoms with Crippen molar-refractivity contribution >= 4 is 17.7 Å². The van der Waals surface area contributed by atoms with E-state index in [1.165, 1.54) is 37.4 Å². The first kappa shape index (κ1) is 15.8. The zero-order chi connectivity index (χ0) is 15.7. The van der Waals surface area contributed by atoms with Gasteiger partial charge in [-0.3, -0.25) is 4.79 Å². The summed E-state index contributed by atoms with van der Waals surface area (Å²) >= 11 is 1.42. The highest BCUT2D eigenvalue weighted by molar-refractivity contribution is 7.99. The van der Waals surface area contributed by atoms with Crippen molar-refractivity contribution in [3.8, 4) is 0 Å². The lowest BCUT2D eigenvalue weighted by molar-refractivity contribution is -0.119. The second kappa shape index (κ2) is 6.57. The van der Waals surface area contributed by atoms with Gasteiger partial charge in [0.25, 0.3) is 0 Å². The largest absolute Gasteiger partial charge is 0.353 e. The number of nitrogens with zero attached hydrogens (tertiary/aromatic N) is 2. The maximum absolute atomic E-state index is 12.2. The van der Waals surface area contributed by atoms with Crippen LogP contribution < -0.4 is 5.32 Å². The van der Waals surface area contributed by atoms with Crippen LogP contribution in [-0.4, -0.2) is 27.7 Å². The minimum absolute atomic E-state index is 0.100. The Bertz CT molecular complexity index is 543. The zero-order valence-corrected chi connectivity index (χ0v) is 14.4. The number of aryl methyl sites for hydroxylation is 2. The molecule has 0 spiro atoms. The van der Waals surface area contributed by atoms with E-state index in [0.717, 1.165) is 23.2 Å². The van der Waals surface area contributed by atoms with Crippen molar-refractivity contribution < 1.29 is 4.79 Å². The van der Waals surface area contributed by atoms with Crippen LogP contribution >= 0.6 is 11.8 Å². The van der Waals surface area contributed by atoms with Gasteiger partial charge >= 0.3 is 0 Å². The molecule has 0 radical (unpaired) electrons. The third-order valence-electron chi connectivity index (χ3n) is 5.12. The van der Waals surface area contributed by atoms with E-state index in [1.807, 2.05) is 19.9 Å². The van der Waals surface area contributed by atoms with E-state index in [1.54, 1.807) is 0 Å². The number of thioether (sulfide) groups is 1. The number of nitrogens with one attached hydrogen (secondary N) is 1. The molecular formula is C17H25N3OS. The van der Waals surface area contributed by atoms with E-state index in [9.17, 15) is 4.79 Å². The summed E-state index contributed by atoms with van der Waals surface area (Å²) in [4.78, 5) is 20.9. The molecule has 1 aromatic rings. The van der Waals surface area contributed by atoms with Crippen LogP contribution in [0.25, 0.3) is 0 Å². The molecule has 5 heteroatoms. The molecule has 2 aliphatic rings. The lowest BCUT2D eigenvalue weighted by Gasteiger charge is -2.28. The highest BCUT2D eigenvalue weighted by Crippen LogP contribution is 2.49. The molecule has 0 aromatic carbocycles. The highest BCUT2D eigenvalue weighted by Gasteiger charge is 2.42. The summed E-state index contributed by atoms with van der Waals surface area (Å²) < 4.78 is 0. The van der Waals surface area contributed by atoms with Gasteiger partial charge in [0.05, 0.1) is 5.75 Å². The van der Waals surface area contributed by atoms with Gasteiger partial charge in [-0.1, -0.05) is 18.2 Å². The number of hydrogen-bond donors (Lipinski definition) is 1. The van der Waals surface area contributed by atoms with Crippen molar-refractivity contribution in [1.29, 1.82) is 0 Å². The van der Waals surface area contributed by atoms with Crippen molar-refractivity contribution in [1.82, 2.24) is 15.3 Å². The number of hydrogen-bond acceptors (Lipinski definition) is 4. The summed E-state index contributed by atoms with van der Waals surface area (Å²) in [5, 5.41) is 3.89. The van der Waals surface area contributed by atoms with Crippen LogP contribution in [0, 0.1) is 31.6 Å². The van der Waals surface area contributed by atoms with Crippen LogP contribution in [0.2, 0.25) is 0 Å². The van der Waals surface area contributed by atoms with Crippen LogP contribution in [0.5, 0.6) is 0 Å². The number of aromatic nitrogens is 2. The van der Waals surface area contributed by atoms with E-state index in [0.29, 0.717) is 22.9 Å². The Labute approximate surface area is 136 Å². The lowest BCUT2D eigenvalue weighted by Crippen LogP contribution is -2.40. The van der Waals surface area contributed by atoms with Crippen LogP contribution in [0.3, 0.4) is 0 Å². The summed E-state index contributed by atoms with van der Waals surface area (Å²) in [6.45, 7) is 6.08. The smallest absolute Gasteiger partial charge is 0.230 e. The minimum Gasteiger partial charge on any atom is -0.353 e.